The van der Waals surface area contributed by atoms with Crippen LogP contribution in [0.5, 0.6) is 5.75 Å². The first-order valence-electron chi connectivity index (χ1n) is 9.94. The molecule has 0 bridgehead atoms. The van der Waals surface area contributed by atoms with Gasteiger partial charge in [0.25, 0.3) is 5.91 Å². The van der Waals surface area contributed by atoms with E-state index >= 15 is 0 Å². The number of carbonyl (C=O) groups excluding carboxylic acids is 2. The number of carbonyl (C=O) groups is 2. The van der Waals surface area contributed by atoms with Crippen LogP contribution in [0.2, 0.25) is 0 Å². The molecule has 5 rings (SSSR count). The van der Waals surface area contributed by atoms with Crippen LogP contribution in [0.15, 0.2) is 57.7 Å². The van der Waals surface area contributed by atoms with E-state index in [9.17, 15) is 14.4 Å². The van der Waals surface area contributed by atoms with Crippen LogP contribution in [-0.2, 0) is 23.3 Å². The van der Waals surface area contributed by atoms with Gasteiger partial charge in [0.05, 0.1) is 13.2 Å². The van der Waals surface area contributed by atoms with Crippen molar-refractivity contribution in [3.8, 4) is 5.75 Å². The predicted molar refractivity (Wildman–Crippen MR) is 109 cm³/mol. The smallest absolute Gasteiger partial charge is 0.336 e. The number of nitrogens with zero attached hydrogens (tertiary/aromatic N) is 1. The molecule has 2 aromatic carbocycles. The number of hydrogen-bond donors (Lipinski definition) is 1. The number of nitrogens with one attached hydrogen (secondary N) is 1. The number of hydrogen-bond acceptors (Lipinski definition) is 5. The highest BCUT2D eigenvalue weighted by Gasteiger charge is 2.54. The summed E-state index contributed by atoms with van der Waals surface area (Å²) in [5.41, 5.74) is 1.07. The molecule has 1 N–H and O–H groups in total. The average Bonchev–Trinajstić information content (AvgIpc) is 2.98. The fourth-order valence-corrected chi connectivity index (χ4v) is 4.31. The summed E-state index contributed by atoms with van der Waals surface area (Å²) in [4.78, 5) is 39.6. The number of fused-ring (bicyclic) bond motifs is 3. The van der Waals surface area contributed by atoms with Gasteiger partial charge in [0.2, 0.25) is 0 Å². The Labute approximate surface area is 172 Å². The van der Waals surface area contributed by atoms with Crippen molar-refractivity contribution in [3.05, 3.63) is 75.6 Å². The molecule has 7 nitrogen and oxygen atoms in total. The number of rotatable bonds is 3. The maximum atomic E-state index is 13.5. The first-order valence-corrected chi connectivity index (χ1v) is 9.94. The standard InChI is InChI=1S/C23H20N2O5/c1-2-14-7-8-16-15(12-20(26)30-19(16)11-14)13-25-21(27)23(24-22(25)28)9-10-29-18-6-4-3-5-17(18)23/h3-8,11-12H,2,9-10,13H2,1H3,(H,24,28). The second-order valence-corrected chi connectivity index (χ2v) is 7.60. The number of amides is 3. The lowest BCUT2D eigenvalue weighted by atomic mass is 9.84. The Morgan fingerprint density at radius 2 is 1.93 bits per heavy atom. The van der Waals surface area contributed by atoms with Crippen molar-refractivity contribution in [2.75, 3.05) is 6.61 Å². The number of ether oxygens (including phenoxy) is 1. The minimum Gasteiger partial charge on any atom is -0.493 e. The zero-order chi connectivity index (χ0) is 20.9. The minimum absolute atomic E-state index is 0.0109. The Bertz CT molecular complexity index is 1250. The number of para-hydroxylation sites is 1. The van der Waals surface area contributed by atoms with Crippen LogP contribution < -0.4 is 15.7 Å². The van der Waals surface area contributed by atoms with Gasteiger partial charge in [-0.1, -0.05) is 37.3 Å². The molecule has 3 heterocycles. The molecule has 1 fully saturated rings. The number of urea groups is 1. The third-order valence-corrected chi connectivity index (χ3v) is 5.89. The molecule has 1 unspecified atom stereocenters. The summed E-state index contributed by atoms with van der Waals surface area (Å²) in [7, 11) is 0. The summed E-state index contributed by atoms with van der Waals surface area (Å²) >= 11 is 0. The monoisotopic (exact) mass is 404 g/mol. The Kier molecular flexibility index (Phi) is 4.13. The van der Waals surface area contributed by atoms with Crippen molar-refractivity contribution in [2.24, 2.45) is 0 Å². The molecule has 2 aliphatic heterocycles. The van der Waals surface area contributed by atoms with E-state index in [1.165, 1.54) is 11.0 Å². The van der Waals surface area contributed by atoms with Gasteiger partial charge < -0.3 is 14.5 Å². The zero-order valence-electron chi connectivity index (χ0n) is 16.4. The van der Waals surface area contributed by atoms with Crippen molar-refractivity contribution in [1.82, 2.24) is 10.2 Å². The number of benzene rings is 2. The van der Waals surface area contributed by atoms with E-state index in [-0.39, 0.29) is 12.5 Å². The molecule has 2 aliphatic rings. The average molecular weight is 404 g/mol. The zero-order valence-corrected chi connectivity index (χ0v) is 16.4. The predicted octanol–water partition coefficient (Wildman–Crippen LogP) is 3.09. The highest BCUT2D eigenvalue weighted by Crippen LogP contribution is 2.41. The maximum absolute atomic E-state index is 13.5. The molecule has 1 spiro atoms. The van der Waals surface area contributed by atoms with E-state index in [1.54, 1.807) is 12.1 Å². The van der Waals surface area contributed by atoms with E-state index in [0.717, 1.165) is 12.0 Å². The minimum atomic E-state index is -1.14. The molecule has 0 saturated carbocycles. The van der Waals surface area contributed by atoms with Gasteiger partial charge in [0.1, 0.15) is 11.3 Å². The number of aryl methyl sites for hydroxylation is 1. The first kappa shape index (κ1) is 18.4. The largest absolute Gasteiger partial charge is 0.493 e. The van der Waals surface area contributed by atoms with Crippen LogP contribution in [0.25, 0.3) is 11.0 Å². The molecule has 1 saturated heterocycles. The second-order valence-electron chi connectivity index (χ2n) is 7.60. The lowest BCUT2D eigenvalue weighted by Gasteiger charge is -2.33. The summed E-state index contributed by atoms with van der Waals surface area (Å²) in [6, 6.07) is 13.7. The highest BCUT2D eigenvalue weighted by molar-refractivity contribution is 6.08. The van der Waals surface area contributed by atoms with E-state index in [1.807, 2.05) is 37.3 Å². The van der Waals surface area contributed by atoms with Gasteiger partial charge >= 0.3 is 11.7 Å². The van der Waals surface area contributed by atoms with Gasteiger partial charge in [0.15, 0.2) is 5.54 Å². The molecule has 0 aliphatic carbocycles. The summed E-state index contributed by atoms with van der Waals surface area (Å²) in [5, 5.41) is 3.59. The van der Waals surface area contributed by atoms with Crippen LogP contribution in [0, 0.1) is 0 Å². The summed E-state index contributed by atoms with van der Waals surface area (Å²) in [6.45, 7) is 2.33. The van der Waals surface area contributed by atoms with Crippen LogP contribution >= 0.6 is 0 Å². The van der Waals surface area contributed by atoms with E-state index in [4.69, 9.17) is 9.15 Å². The second kappa shape index (κ2) is 6.73. The maximum Gasteiger partial charge on any atom is 0.336 e. The highest BCUT2D eigenvalue weighted by atomic mass is 16.5. The third-order valence-electron chi connectivity index (χ3n) is 5.89. The van der Waals surface area contributed by atoms with Crippen molar-refractivity contribution >= 4 is 22.9 Å². The van der Waals surface area contributed by atoms with Crippen LogP contribution in [-0.4, -0.2) is 23.4 Å². The van der Waals surface area contributed by atoms with Crippen LogP contribution in [0.4, 0.5) is 4.79 Å². The van der Waals surface area contributed by atoms with Gasteiger partial charge in [-0.05, 0) is 29.7 Å². The van der Waals surface area contributed by atoms with Gasteiger partial charge in [-0.15, -0.1) is 0 Å². The summed E-state index contributed by atoms with van der Waals surface area (Å²) in [5.74, 6) is 0.256. The van der Waals surface area contributed by atoms with Crippen molar-refractivity contribution in [3.63, 3.8) is 0 Å². The number of imide groups is 1. The molecule has 30 heavy (non-hydrogen) atoms. The van der Waals surface area contributed by atoms with E-state index < -0.39 is 17.2 Å². The summed E-state index contributed by atoms with van der Waals surface area (Å²) in [6.07, 6.45) is 1.16. The Balaban J connectivity index is 1.55. The normalized spacial score (nSPS) is 20.4. The summed E-state index contributed by atoms with van der Waals surface area (Å²) < 4.78 is 11.0. The Morgan fingerprint density at radius 1 is 1.10 bits per heavy atom. The molecule has 1 atom stereocenters. The fraction of sp³-hybridized carbons (Fsp3) is 0.261. The van der Waals surface area contributed by atoms with Gasteiger partial charge in [0, 0.05) is 23.4 Å². The molecule has 3 amide bonds. The van der Waals surface area contributed by atoms with Crippen molar-refractivity contribution in [2.45, 2.75) is 31.8 Å². The van der Waals surface area contributed by atoms with Gasteiger partial charge in [-0.2, -0.15) is 0 Å². The first-order chi connectivity index (χ1) is 14.5. The Morgan fingerprint density at radius 3 is 2.77 bits per heavy atom. The molecular formula is C23H20N2O5. The topological polar surface area (TPSA) is 88.9 Å². The fourth-order valence-electron chi connectivity index (χ4n) is 4.31. The van der Waals surface area contributed by atoms with Crippen LogP contribution in [0.3, 0.4) is 0 Å². The van der Waals surface area contributed by atoms with E-state index in [2.05, 4.69) is 5.32 Å². The lowest BCUT2D eigenvalue weighted by molar-refractivity contribution is -0.133. The molecule has 1 aromatic heterocycles. The molecule has 0 radical (unpaired) electrons. The molecule has 3 aromatic rings. The lowest BCUT2D eigenvalue weighted by Crippen LogP contribution is -2.47. The van der Waals surface area contributed by atoms with Gasteiger partial charge in [-0.3, -0.25) is 9.69 Å². The quantitative estimate of drug-likeness (QED) is 0.535. The molecular weight excluding hydrogens is 384 g/mol. The van der Waals surface area contributed by atoms with Crippen molar-refractivity contribution < 1.29 is 18.7 Å². The Hall–Kier alpha value is -3.61. The SMILES string of the molecule is CCc1ccc2c(CN3C(=O)NC4(CCOc5ccccc54)C3=O)cc(=O)oc2c1. The van der Waals surface area contributed by atoms with E-state index in [0.29, 0.717) is 40.9 Å². The van der Waals surface area contributed by atoms with Crippen LogP contribution in [0.1, 0.15) is 30.0 Å². The van der Waals surface area contributed by atoms with Gasteiger partial charge in [-0.25, -0.2) is 9.59 Å². The van der Waals surface area contributed by atoms with Crippen molar-refractivity contribution in [1.29, 1.82) is 0 Å². The molecule has 7 heteroatoms. The third kappa shape index (κ3) is 2.69. The molecule has 152 valence electrons.